The number of benzene rings is 1. The molecule has 0 unspecified atom stereocenters. The van der Waals surface area contributed by atoms with Crippen LogP contribution in [0.15, 0.2) is 24.3 Å². The van der Waals surface area contributed by atoms with Gasteiger partial charge in [-0.15, -0.1) is 0 Å². The van der Waals surface area contributed by atoms with Crippen molar-refractivity contribution in [2.75, 3.05) is 4.84 Å². The molecule has 1 saturated carbocycles. The van der Waals surface area contributed by atoms with Gasteiger partial charge >= 0.3 is 5.97 Å². The van der Waals surface area contributed by atoms with E-state index < -0.39 is 0 Å². The predicted molar refractivity (Wildman–Crippen MR) is 86.5 cm³/mol. The summed E-state index contributed by atoms with van der Waals surface area (Å²) in [4.78, 5) is 15.0. The van der Waals surface area contributed by atoms with Gasteiger partial charge in [0.25, 0.3) is 0 Å². The average molecular weight is 310 g/mol. The van der Waals surface area contributed by atoms with Gasteiger partial charge in [0.05, 0.1) is 11.3 Å². The summed E-state index contributed by atoms with van der Waals surface area (Å²) >= 11 is 5.66. The molecule has 1 aliphatic rings. The van der Waals surface area contributed by atoms with E-state index in [9.17, 15) is 4.79 Å². The van der Waals surface area contributed by atoms with Gasteiger partial charge in [0.2, 0.25) is 0 Å². The second kappa shape index (κ2) is 7.17. The van der Waals surface area contributed by atoms with E-state index in [-0.39, 0.29) is 12.1 Å². The zero-order chi connectivity index (χ0) is 15.4. The molecule has 4 heteroatoms. The Morgan fingerprint density at radius 2 is 2.05 bits per heavy atom. The second-order valence-corrected chi connectivity index (χ2v) is 6.60. The Kier molecular flexibility index (Phi) is 5.51. The molecule has 1 aromatic carbocycles. The highest BCUT2D eigenvalue weighted by Gasteiger charge is 2.33. The van der Waals surface area contributed by atoms with Gasteiger partial charge in [-0.2, -0.15) is 0 Å². The van der Waals surface area contributed by atoms with Crippen LogP contribution in [-0.4, -0.2) is 12.1 Å². The van der Waals surface area contributed by atoms with Gasteiger partial charge in [-0.3, -0.25) is 4.84 Å². The molecule has 116 valence electrons. The molecule has 2 rings (SSSR count). The third-order valence-corrected chi connectivity index (χ3v) is 4.67. The first-order chi connectivity index (χ1) is 10.0. The minimum Gasteiger partial charge on any atom is -0.458 e. The first-order valence-electron chi connectivity index (χ1n) is 7.69. The first-order valence-corrected chi connectivity index (χ1v) is 8.07. The number of carbonyl (C=O) groups excluding carboxylic acids is 1. The van der Waals surface area contributed by atoms with Crippen molar-refractivity contribution < 1.29 is 9.53 Å². The van der Waals surface area contributed by atoms with Crippen molar-refractivity contribution in [3.8, 4) is 0 Å². The Bertz CT molecular complexity index is 489. The van der Waals surface area contributed by atoms with Crippen LogP contribution in [0.5, 0.6) is 0 Å². The third kappa shape index (κ3) is 3.91. The van der Waals surface area contributed by atoms with E-state index in [0.29, 0.717) is 29.0 Å². The highest BCUT2D eigenvalue weighted by Crippen LogP contribution is 2.36. The number of carbonyl (C=O) groups is 1. The van der Waals surface area contributed by atoms with Crippen molar-refractivity contribution in [1.29, 1.82) is 0 Å². The molecule has 1 N–H and O–H groups in total. The maximum absolute atomic E-state index is 12.4. The maximum atomic E-state index is 12.4. The number of anilines is 1. The smallest absolute Gasteiger partial charge is 0.340 e. The number of para-hydroxylation sites is 1. The molecular weight excluding hydrogens is 286 g/mol. The average Bonchev–Trinajstić information content (AvgIpc) is 2.46. The lowest BCUT2D eigenvalue weighted by atomic mass is 9.75. The summed E-state index contributed by atoms with van der Waals surface area (Å²) in [5, 5.41) is 0. The lowest BCUT2D eigenvalue weighted by molar-refractivity contribution is -0.0173. The summed E-state index contributed by atoms with van der Waals surface area (Å²) in [5.74, 6) is 1.29. The van der Waals surface area contributed by atoms with E-state index in [1.54, 1.807) is 12.1 Å². The Labute approximate surface area is 132 Å². The van der Waals surface area contributed by atoms with Crippen LogP contribution in [-0.2, 0) is 4.74 Å². The lowest BCUT2D eigenvalue weighted by Crippen LogP contribution is -2.36. The zero-order valence-electron chi connectivity index (χ0n) is 12.9. The Morgan fingerprint density at radius 1 is 1.33 bits per heavy atom. The number of nitrogens with one attached hydrogen (secondary N) is 1. The molecule has 0 bridgehead atoms. The SMILES string of the molecule is CC(C)[C@@H]1CC[C@@H](C)C[C@@H]1OC(=O)c1ccccc1NCl. The van der Waals surface area contributed by atoms with Crippen LogP contribution >= 0.6 is 11.8 Å². The normalized spacial score (nSPS) is 25.7. The monoisotopic (exact) mass is 309 g/mol. The molecule has 0 saturated heterocycles. The zero-order valence-corrected chi connectivity index (χ0v) is 13.7. The van der Waals surface area contributed by atoms with Gasteiger partial charge < -0.3 is 4.74 Å². The molecule has 3 atom stereocenters. The van der Waals surface area contributed by atoms with Crippen LogP contribution in [0.4, 0.5) is 5.69 Å². The van der Waals surface area contributed by atoms with Crippen molar-refractivity contribution in [1.82, 2.24) is 0 Å². The van der Waals surface area contributed by atoms with E-state index in [1.165, 1.54) is 6.42 Å². The molecule has 1 aliphatic carbocycles. The van der Waals surface area contributed by atoms with Crippen molar-refractivity contribution in [2.45, 2.75) is 46.1 Å². The molecule has 1 aromatic rings. The molecule has 0 aliphatic heterocycles. The number of esters is 1. The van der Waals surface area contributed by atoms with E-state index in [0.717, 1.165) is 12.8 Å². The summed E-state index contributed by atoms with van der Waals surface area (Å²) < 4.78 is 5.83. The summed E-state index contributed by atoms with van der Waals surface area (Å²) in [5.41, 5.74) is 1.09. The Hall–Kier alpha value is -1.22. The standard InChI is InChI=1S/C17H24ClNO2/c1-11(2)13-9-8-12(3)10-16(13)21-17(20)14-6-4-5-7-15(14)19-18/h4-7,11-13,16,19H,8-10H2,1-3H3/t12-,13+,16+/m1/s1. The van der Waals surface area contributed by atoms with E-state index >= 15 is 0 Å². The van der Waals surface area contributed by atoms with Crippen LogP contribution in [0.3, 0.4) is 0 Å². The van der Waals surface area contributed by atoms with Gasteiger partial charge in [0.15, 0.2) is 0 Å². The van der Waals surface area contributed by atoms with E-state index in [4.69, 9.17) is 16.5 Å². The molecule has 0 radical (unpaired) electrons. The largest absolute Gasteiger partial charge is 0.458 e. The predicted octanol–water partition coefficient (Wildman–Crippen LogP) is 4.87. The minimum atomic E-state index is -0.288. The lowest BCUT2D eigenvalue weighted by Gasteiger charge is -2.36. The summed E-state index contributed by atoms with van der Waals surface area (Å²) in [7, 11) is 0. The summed E-state index contributed by atoms with van der Waals surface area (Å²) in [6.45, 7) is 6.64. The van der Waals surface area contributed by atoms with Gasteiger partial charge in [0.1, 0.15) is 6.10 Å². The molecule has 1 fully saturated rings. The van der Waals surface area contributed by atoms with Crippen LogP contribution in [0.1, 0.15) is 50.4 Å². The number of hydrogen-bond acceptors (Lipinski definition) is 3. The number of rotatable bonds is 4. The van der Waals surface area contributed by atoms with Crippen LogP contribution < -0.4 is 4.84 Å². The quantitative estimate of drug-likeness (QED) is 0.637. The van der Waals surface area contributed by atoms with Crippen molar-refractivity contribution in [2.24, 2.45) is 17.8 Å². The molecule has 21 heavy (non-hydrogen) atoms. The van der Waals surface area contributed by atoms with Crippen LogP contribution in [0.25, 0.3) is 0 Å². The van der Waals surface area contributed by atoms with Crippen LogP contribution in [0, 0.1) is 17.8 Å². The van der Waals surface area contributed by atoms with Crippen molar-refractivity contribution >= 4 is 23.4 Å². The van der Waals surface area contributed by atoms with Gasteiger partial charge in [-0.25, -0.2) is 4.79 Å². The highest BCUT2D eigenvalue weighted by atomic mass is 35.5. The van der Waals surface area contributed by atoms with Crippen molar-refractivity contribution in [3.63, 3.8) is 0 Å². The number of hydrogen-bond donors (Lipinski definition) is 1. The fourth-order valence-electron chi connectivity index (χ4n) is 3.19. The topological polar surface area (TPSA) is 38.3 Å². The summed E-state index contributed by atoms with van der Waals surface area (Å²) in [6.07, 6.45) is 3.30. The molecule has 3 nitrogen and oxygen atoms in total. The number of halogens is 1. The van der Waals surface area contributed by atoms with Gasteiger partial charge in [-0.1, -0.05) is 39.3 Å². The Balaban J connectivity index is 2.12. The number of ether oxygens (including phenoxy) is 1. The van der Waals surface area contributed by atoms with Crippen molar-refractivity contribution in [3.05, 3.63) is 29.8 Å². The molecular formula is C17H24ClNO2. The van der Waals surface area contributed by atoms with E-state index in [2.05, 4.69) is 25.6 Å². The Morgan fingerprint density at radius 3 is 2.71 bits per heavy atom. The molecule has 0 amide bonds. The first kappa shape index (κ1) is 16.2. The second-order valence-electron chi connectivity index (χ2n) is 6.41. The van der Waals surface area contributed by atoms with Gasteiger partial charge in [0, 0.05) is 11.8 Å². The fourth-order valence-corrected chi connectivity index (χ4v) is 3.36. The summed E-state index contributed by atoms with van der Waals surface area (Å²) in [6, 6.07) is 7.16. The molecule has 0 heterocycles. The minimum absolute atomic E-state index is 0.00429. The van der Waals surface area contributed by atoms with Gasteiger partial charge in [-0.05, 0) is 42.7 Å². The van der Waals surface area contributed by atoms with E-state index in [1.807, 2.05) is 12.1 Å². The fraction of sp³-hybridized carbons (Fsp3) is 0.588. The molecule has 0 spiro atoms. The highest BCUT2D eigenvalue weighted by molar-refractivity contribution is 6.25. The molecule has 0 aromatic heterocycles. The third-order valence-electron chi connectivity index (χ3n) is 4.47. The maximum Gasteiger partial charge on any atom is 0.340 e. The van der Waals surface area contributed by atoms with Crippen LogP contribution in [0.2, 0.25) is 0 Å².